The molecule has 0 unspecified atom stereocenters. The van der Waals surface area contributed by atoms with Crippen molar-refractivity contribution in [3.8, 4) is 0 Å². The van der Waals surface area contributed by atoms with Crippen LogP contribution in [0, 0.1) is 0 Å². The van der Waals surface area contributed by atoms with E-state index in [1.807, 2.05) is 6.92 Å². The quantitative estimate of drug-likeness (QED) is 0.690. The van der Waals surface area contributed by atoms with Gasteiger partial charge in [0.25, 0.3) is 11.5 Å². The van der Waals surface area contributed by atoms with Crippen LogP contribution in [0.1, 0.15) is 23.8 Å². The molecule has 0 fully saturated rings. The Labute approximate surface area is 110 Å². The van der Waals surface area contributed by atoms with E-state index in [1.54, 1.807) is 0 Å². The van der Waals surface area contributed by atoms with E-state index in [0.717, 1.165) is 4.68 Å². The van der Waals surface area contributed by atoms with Gasteiger partial charge in [-0.05, 0) is 12.5 Å². The second-order valence-corrected chi connectivity index (χ2v) is 3.98. The summed E-state index contributed by atoms with van der Waals surface area (Å²) in [5.74, 6) is -0.894. The Hall–Kier alpha value is -2.18. The summed E-state index contributed by atoms with van der Waals surface area (Å²) in [6, 6.07) is 2.62. The molecular weight excluding hydrogens is 250 g/mol. The topological polar surface area (TPSA) is 81.5 Å². The molecule has 0 spiro atoms. The predicted octanol–water partition coefficient (Wildman–Crippen LogP) is -0.195. The highest BCUT2D eigenvalue weighted by molar-refractivity contribution is 5.94. The van der Waals surface area contributed by atoms with Crippen LogP contribution in [-0.2, 0) is 16.6 Å². The van der Waals surface area contributed by atoms with Crippen LogP contribution in [0.3, 0.4) is 0 Å². The molecule has 0 bridgehead atoms. The zero-order valence-corrected chi connectivity index (χ0v) is 11.3. The molecule has 0 radical (unpaired) electrons. The summed E-state index contributed by atoms with van der Waals surface area (Å²) in [7, 11) is 2.73. The van der Waals surface area contributed by atoms with Gasteiger partial charge in [0.05, 0.1) is 7.11 Å². The lowest BCUT2D eigenvalue weighted by Gasteiger charge is -2.20. The minimum Gasteiger partial charge on any atom is -0.468 e. The number of carbonyl (C=O) groups excluding carboxylic acids is 2. The second-order valence-electron chi connectivity index (χ2n) is 3.98. The van der Waals surface area contributed by atoms with Crippen LogP contribution >= 0.6 is 0 Å². The molecule has 0 N–H and O–H groups in total. The van der Waals surface area contributed by atoms with Gasteiger partial charge in [0, 0.05) is 19.7 Å². The van der Waals surface area contributed by atoms with Gasteiger partial charge in [0.15, 0.2) is 0 Å². The molecule has 7 nitrogen and oxygen atoms in total. The molecule has 1 amide bonds. The fourth-order valence-corrected chi connectivity index (χ4v) is 1.52. The number of carbonyl (C=O) groups is 2. The summed E-state index contributed by atoms with van der Waals surface area (Å²) in [5, 5.41) is 3.87. The first-order valence-electron chi connectivity index (χ1n) is 5.90. The average molecular weight is 267 g/mol. The van der Waals surface area contributed by atoms with E-state index in [4.69, 9.17) is 0 Å². The van der Waals surface area contributed by atoms with E-state index >= 15 is 0 Å². The number of amides is 1. The maximum atomic E-state index is 12.2. The van der Waals surface area contributed by atoms with E-state index in [-0.39, 0.29) is 17.8 Å². The molecular formula is C12H17N3O4. The number of esters is 1. The molecule has 7 heteroatoms. The largest absolute Gasteiger partial charge is 0.468 e. The summed E-state index contributed by atoms with van der Waals surface area (Å²) in [4.78, 5) is 36.0. The van der Waals surface area contributed by atoms with Crippen molar-refractivity contribution in [1.82, 2.24) is 14.7 Å². The molecule has 0 aliphatic carbocycles. The van der Waals surface area contributed by atoms with Gasteiger partial charge in [-0.25, -0.2) is 4.68 Å². The van der Waals surface area contributed by atoms with E-state index in [1.165, 1.54) is 31.2 Å². The fourth-order valence-electron chi connectivity index (χ4n) is 1.52. The van der Waals surface area contributed by atoms with Gasteiger partial charge in [-0.2, -0.15) is 5.10 Å². The standard InChI is InChI=1S/C12H17N3O4/c1-4-7-15(8-11(17)19-3)12(18)9-5-6-10(16)14(2)13-9/h5-6H,4,7-8H2,1-3H3. The molecule has 1 heterocycles. The summed E-state index contributed by atoms with van der Waals surface area (Å²) < 4.78 is 5.63. The number of rotatable bonds is 5. The van der Waals surface area contributed by atoms with Crippen molar-refractivity contribution in [2.45, 2.75) is 13.3 Å². The van der Waals surface area contributed by atoms with Crippen LogP contribution in [-0.4, -0.2) is 46.8 Å². The maximum Gasteiger partial charge on any atom is 0.325 e. The molecule has 0 atom stereocenters. The van der Waals surface area contributed by atoms with Crippen molar-refractivity contribution in [1.29, 1.82) is 0 Å². The number of hydrogen-bond donors (Lipinski definition) is 0. The highest BCUT2D eigenvalue weighted by atomic mass is 16.5. The lowest BCUT2D eigenvalue weighted by molar-refractivity contribution is -0.141. The Balaban J connectivity index is 2.94. The molecule has 0 aliphatic rings. The normalized spacial score (nSPS) is 10.1. The van der Waals surface area contributed by atoms with Gasteiger partial charge in [-0.3, -0.25) is 14.4 Å². The SMILES string of the molecule is CCCN(CC(=O)OC)C(=O)c1ccc(=O)n(C)n1. The summed E-state index contributed by atoms with van der Waals surface area (Å²) >= 11 is 0. The van der Waals surface area contributed by atoms with E-state index in [0.29, 0.717) is 13.0 Å². The average Bonchev–Trinajstić information content (AvgIpc) is 2.40. The van der Waals surface area contributed by atoms with Crippen LogP contribution in [0.4, 0.5) is 0 Å². The van der Waals surface area contributed by atoms with Gasteiger partial charge in [0.1, 0.15) is 12.2 Å². The van der Waals surface area contributed by atoms with Crippen LogP contribution in [0.2, 0.25) is 0 Å². The van der Waals surface area contributed by atoms with E-state index < -0.39 is 11.9 Å². The Bertz CT molecular complexity index is 524. The van der Waals surface area contributed by atoms with Crippen LogP contribution in [0.25, 0.3) is 0 Å². The Morgan fingerprint density at radius 1 is 1.42 bits per heavy atom. The monoisotopic (exact) mass is 267 g/mol. The zero-order valence-electron chi connectivity index (χ0n) is 11.3. The van der Waals surface area contributed by atoms with Gasteiger partial charge in [-0.1, -0.05) is 6.92 Å². The summed E-state index contributed by atoms with van der Waals surface area (Å²) in [6.07, 6.45) is 0.703. The molecule has 0 aromatic carbocycles. The van der Waals surface area contributed by atoms with Crippen molar-refractivity contribution < 1.29 is 14.3 Å². The number of aryl methyl sites for hydroxylation is 1. The first kappa shape index (κ1) is 14.9. The third kappa shape index (κ3) is 3.90. The van der Waals surface area contributed by atoms with Crippen LogP contribution in [0.5, 0.6) is 0 Å². The Morgan fingerprint density at radius 3 is 2.63 bits per heavy atom. The molecule has 0 saturated heterocycles. The third-order valence-corrected chi connectivity index (χ3v) is 2.51. The maximum absolute atomic E-state index is 12.2. The fraction of sp³-hybridized carbons (Fsp3) is 0.500. The lowest BCUT2D eigenvalue weighted by Crippen LogP contribution is -2.38. The van der Waals surface area contributed by atoms with Crippen molar-refractivity contribution in [3.63, 3.8) is 0 Å². The van der Waals surface area contributed by atoms with Crippen molar-refractivity contribution in [2.24, 2.45) is 7.05 Å². The molecule has 0 saturated carbocycles. The van der Waals surface area contributed by atoms with Crippen LogP contribution in [0.15, 0.2) is 16.9 Å². The highest BCUT2D eigenvalue weighted by Crippen LogP contribution is 2.01. The smallest absolute Gasteiger partial charge is 0.325 e. The van der Waals surface area contributed by atoms with E-state index in [9.17, 15) is 14.4 Å². The molecule has 1 aromatic heterocycles. The molecule has 104 valence electrons. The highest BCUT2D eigenvalue weighted by Gasteiger charge is 2.20. The lowest BCUT2D eigenvalue weighted by atomic mass is 10.3. The molecule has 1 aromatic rings. The van der Waals surface area contributed by atoms with Gasteiger partial charge in [0.2, 0.25) is 0 Å². The third-order valence-electron chi connectivity index (χ3n) is 2.51. The zero-order chi connectivity index (χ0) is 14.4. The van der Waals surface area contributed by atoms with Gasteiger partial charge >= 0.3 is 5.97 Å². The number of ether oxygens (including phenoxy) is 1. The van der Waals surface area contributed by atoms with Gasteiger partial charge < -0.3 is 9.64 Å². The summed E-state index contributed by atoms with van der Waals surface area (Å²) in [6.45, 7) is 2.18. The van der Waals surface area contributed by atoms with E-state index in [2.05, 4.69) is 9.84 Å². The number of nitrogens with zero attached hydrogens (tertiary/aromatic N) is 3. The van der Waals surface area contributed by atoms with Gasteiger partial charge in [-0.15, -0.1) is 0 Å². The minimum absolute atomic E-state index is 0.124. The molecule has 0 aliphatic heterocycles. The number of aromatic nitrogens is 2. The molecule has 19 heavy (non-hydrogen) atoms. The Kier molecular flexibility index (Phi) is 5.23. The molecule has 1 rings (SSSR count). The van der Waals surface area contributed by atoms with Crippen molar-refractivity contribution in [2.75, 3.05) is 20.2 Å². The van der Waals surface area contributed by atoms with Crippen LogP contribution < -0.4 is 5.56 Å². The van der Waals surface area contributed by atoms with Crippen molar-refractivity contribution in [3.05, 3.63) is 28.2 Å². The number of hydrogen-bond acceptors (Lipinski definition) is 5. The number of methoxy groups -OCH3 is 1. The van der Waals surface area contributed by atoms with Crippen molar-refractivity contribution >= 4 is 11.9 Å². The second kappa shape index (κ2) is 6.67. The Morgan fingerprint density at radius 2 is 2.11 bits per heavy atom. The minimum atomic E-state index is -0.494. The predicted molar refractivity (Wildman–Crippen MR) is 67.7 cm³/mol. The first-order chi connectivity index (χ1) is 8.99. The summed E-state index contributed by atoms with van der Waals surface area (Å²) in [5.41, 5.74) is -0.175. The first-order valence-corrected chi connectivity index (χ1v) is 5.90.